The molecule has 2 aromatic carbocycles. The quantitative estimate of drug-likeness (QED) is 0.673. The number of hydrogen-bond acceptors (Lipinski definition) is 3. The van der Waals surface area contributed by atoms with Crippen LogP contribution in [-0.2, 0) is 16.0 Å². The second-order valence-corrected chi connectivity index (χ2v) is 5.71. The summed E-state index contributed by atoms with van der Waals surface area (Å²) in [6.07, 6.45) is 7.35. The van der Waals surface area contributed by atoms with Crippen LogP contribution in [0.2, 0.25) is 0 Å². The van der Waals surface area contributed by atoms with E-state index in [4.69, 9.17) is 4.74 Å². The molecule has 0 spiro atoms. The summed E-state index contributed by atoms with van der Waals surface area (Å²) in [6, 6.07) is 13.6. The molecule has 0 aromatic heterocycles. The summed E-state index contributed by atoms with van der Waals surface area (Å²) in [5, 5.41) is 9.66. The molecule has 24 heavy (non-hydrogen) atoms. The van der Waals surface area contributed by atoms with Crippen LogP contribution in [0, 0.1) is 0 Å². The van der Waals surface area contributed by atoms with E-state index in [2.05, 4.69) is 18.2 Å². The van der Waals surface area contributed by atoms with Gasteiger partial charge in [-0.1, -0.05) is 36.4 Å². The number of carbonyl (C=O) groups excluding carboxylic acids is 1. The maximum Gasteiger partial charge on any atom is 0.330 e. The highest BCUT2D eigenvalue weighted by atomic mass is 16.5. The fraction of sp³-hybridized carbons (Fsp3) is 0.190. The lowest BCUT2D eigenvalue weighted by atomic mass is 9.86. The number of phenols is 1. The van der Waals surface area contributed by atoms with Gasteiger partial charge in [0.25, 0.3) is 0 Å². The zero-order chi connectivity index (χ0) is 16.9. The molecule has 2 aromatic rings. The maximum atomic E-state index is 11.4. The molecular formula is C21H20O3. The Bertz CT molecular complexity index is 798. The van der Waals surface area contributed by atoms with Gasteiger partial charge >= 0.3 is 5.97 Å². The van der Waals surface area contributed by atoms with Gasteiger partial charge in [0.15, 0.2) is 0 Å². The summed E-state index contributed by atoms with van der Waals surface area (Å²) in [5.41, 5.74) is 5.63. The zero-order valence-electron chi connectivity index (χ0n) is 13.7. The lowest BCUT2D eigenvalue weighted by Crippen LogP contribution is -2.01. The highest BCUT2D eigenvalue weighted by Gasteiger charge is 2.14. The number of ether oxygens (including phenoxy) is 1. The van der Waals surface area contributed by atoms with Crippen molar-refractivity contribution in [1.29, 1.82) is 0 Å². The summed E-state index contributed by atoms with van der Waals surface area (Å²) >= 11 is 0. The van der Waals surface area contributed by atoms with Gasteiger partial charge in [0.05, 0.1) is 6.61 Å². The number of aromatic hydroxyl groups is 1. The Hall–Kier alpha value is -2.81. The van der Waals surface area contributed by atoms with E-state index < -0.39 is 0 Å². The SMILES string of the molecule is CCOC(=O)/C=C/c1ccc(C2=CCCc3cc(O)ccc32)cc1. The van der Waals surface area contributed by atoms with Crippen molar-refractivity contribution in [2.75, 3.05) is 6.61 Å². The monoisotopic (exact) mass is 320 g/mol. The average molecular weight is 320 g/mol. The fourth-order valence-corrected chi connectivity index (χ4v) is 2.93. The molecule has 0 saturated heterocycles. The molecule has 0 atom stereocenters. The number of allylic oxidation sites excluding steroid dienone is 1. The average Bonchev–Trinajstić information content (AvgIpc) is 2.60. The Kier molecular flexibility index (Phi) is 4.80. The van der Waals surface area contributed by atoms with E-state index in [1.807, 2.05) is 24.3 Å². The van der Waals surface area contributed by atoms with Crippen molar-refractivity contribution in [3.05, 3.63) is 76.9 Å². The summed E-state index contributed by atoms with van der Waals surface area (Å²) in [7, 11) is 0. The van der Waals surface area contributed by atoms with E-state index in [9.17, 15) is 9.90 Å². The molecule has 122 valence electrons. The number of esters is 1. The molecule has 0 amide bonds. The molecular weight excluding hydrogens is 300 g/mol. The fourth-order valence-electron chi connectivity index (χ4n) is 2.93. The van der Waals surface area contributed by atoms with Crippen molar-refractivity contribution in [2.24, 2.45) is 0 Å². The van der Waals surface area contributed by atoms with Gasteiger partial charge in [-0.05, 0) is 65.8 Å². The van der Waals surface area contributed by atoms with Gasteiger partial charge in [-0.25, -0.2) is 4.79 Å². The van der Waals surface area contributed by atoms with Crippen LogP contribution in [-0.4, -0.2) is 17.7 Å². The smallest absolute Gasteiger partial charge is 0.330 e. The van der Waals surface area contributed by atoms with E-state index in [-0.39, 0.29) is 5.97 Å². The van der Waals surface area contributed by atoms with Crippen LogP contribution in [0.1, 0.15) is 35.6 Å². The molecule has 3 nitrogen and oxygen atoms in total. The van der Waals surface area contributed by atoms with Crippen molar-refractivity contribution in [3.8, 4) is 5.75 Å². The van der Waals surface area contributed by atoms with Crippen molar-refractivity contribution < 1.29 is 14.6 Å². The standard InChI is InChI=1S/C21H20O3/c1-2-24-21(23)13-8-15-6-9-16(10-7-15)19-5-3-4-17-14-18(22)11-12-20(17)19/h5-14,22H,2-4H2,1H3/b13-8+. The Balaban J connectivity index is 1.82. The minimum absolute atomic E-state index is 0.314. The first kappa shape index (κ1) is 16.1. The number of carbonyl (C=O) groups is 1. The predicted molar refractivity (Wildman–Crippen MR) is 95.6 cm³/mol. The van der Waals surface area contributed by atoms with Crippen LogP contribution in [0.3, 0.4) is 0 Å². The normalized spacial score (nSPS) is 13.5. The summed E-state index contributed by atoms with van der Waals surface area (Å²) in [5.74, 6) is -0.0141. The van der Waals surface area contributed by atoms with E-state index in [1.165, 1.54) is 22.8 Å². The largest absolute Gasteiger partial charge is 0.508 e. The van der Waals surface area contributed by atoms with Crippen LogP contribution >= 0.6 is 0 Å². The van der Waals surface area contributed by atoms with Crippen molar-refractivity contribution in [1.82, 2.24) is 0 Å². The number of phenolic OH excluding ortho intramolecular Hbond substituents is 1. The molecule has 1 N–H and O–H groups in total. The number of fused-ring (bicyclic) bond motifs is 1. The molecule has 3 rings (SSSR count). The Labute approximate surface area is 141 Å². The summed E-state index contributed by atoms with van der Waals surface area (Å²) in [4.78, 5) is 11.4. The van der Waals surface area contributed by atoms with Gasteiger partial charge in [-0.2, -0.15) is 0 Å². The van der Waals surface area contributed by atoms with Gasteiger partial charge in [-0.15, -0.1) is 0 Å². The molecule has 0 aliphatic heterocycles. The summed E-state index contributed by atoms with van der Waals surface area (Å²) < 4.78 is 4.88. The molecule has 0 heterocycles. The lowest BCUT2D eigenvalue weighted by Gasteiger charge is -2.18. The summed E-state index contributed by atoms with van der Waals surface area (Å²) in [6.45, 7) is 2.17. The van der Waals surface area contributed by atoms with E-state index >= 15 is 0 Å². The number of hydrogen-bond donors (Lipinski definition) is 1. The third-order valence-corrected chi connectivity index (χ3v) is 4.06. The van der Waals surface area contributed by atoms with Crippen LogP contribution in [0.5, 0.6) is 5.75 Å². The molecule has 0 radical (unpaired) electrons. The van der Waals surface area contributed by atoms with E-state index in [0.29, 0.717) is 12.4 Å². The first-order valence-electron chi connectivity index (χ1n) is 8.15. The topological polar surface area (TPSA) is 46.5 Å². The number of rotatable bonds is 4. The predicted octanol–water partition coefficient (Wildman–Crippen LogP) is 4.35. The first-order valence-corrected chi connectivity index (χ1v) is 8.15. The molecule has 0 bridgehead atoms. The van der Waals surface area contributed by atoms with Crippen molar-refractivity contribution >= 4 is 17.6 Å². The van der Waals surface area contributed by atoms with Gasteiger partial charge < -0.3 is 9.84 Å². The number of benzene rings is 2. The van der Waals surface area contributed by atoms with Gasteiger partial charge in [0.1, 0.15) is 5.75 Å². The Morgan fingerprint density at radius 3 is 2.75 bits per heavy atom. The number of aryl methyl sites for hydroxylation is 1. The van der Waals surface area contributed by atoms with E-state index in [1.54, 1.807) is 19.1 Å². The van der Waals surface area contributed by atoms with Crippen LogP contribution < -0.4 is 0 Å². The third kappa shape index (κ3) is 3.57. The molecule has 0 unspecified atom stereocenters. The molecule has 0 fully saturated rings. The van der Waals surface area contributed by atoms with Gasteiger partial charge in [0, 0.05) is 6.08 Å². The Morgan fingerprint density at radius 1 is 1.21 bits per heavy atom. The van der Waals surface area contributed by atoms with E-state index in [0.717, 1.165) is 24.0 Å². The second-order valence-electron chi connectivity index (χ2n) is 5.71. The second kappa shape index (κ2) is 7.18. The highest BCUT2D eigenvalue weighted by Crippen LogP contribution is 2.33. The lowest BCUT2D eigenvalue weighted by molar-refractivity contribution is -0.137. The molecule has 1 aliphatic rings. The van der Waals surface area contributed by atoms with Crippen LogP contribution in [0.15, 0.2) is 54.6 Å². The van der Waals surface area contributed by atoms with Crippen LogP contribution in [0.4, 0.5) is 0 Å². The minimum Gasteiger partial charge on any atom is -0.508 e. The molecule has 1 aliphatic carbocycles. The van der Waals surface area contributed by atoms with Gasteiger partial charge in [0.2, 0.25) is 0 Å². The van der Waals surface area contributed by atoms with Crippen molar-refractivity contribution in [2.45, 2.75) is 19.8 Å². The van der Waals surface area contributed by atoms with Crippen LogP contribution in [0.25, 0.3) is 11.6 Å². The first-order chi connectivity index (χ1) is 11.7. The van der Waals surface area contributed by atoms with Gasteiger partial charge in [-0.3, -0.25) is 0 Å². The van der Waals surface area contributed by atoms with Crippen molar-refractivity contribution in [3.63, 3.8) is 0 Å². The molecule has 0 saturated carbocycles. The highest BCUT2D eigenvalue weighted by molar-refractivity contribution is 5.87. The zero-order valence-corrected chi connectivity index (χ0v) is 13.7. The molecule has 3 heteroatoms. The minimum atomic E-state index is -0.328. The third-order valence-electron chi connectivity index (χ3n) is 4.06. The maximum absolute atomic E-state index is 11.4. The Morgan fingerprint density at radius 2 is 2.00 bits per heavy atom.